The highest BCUT2D eigenvalue weighted by molar-refractivity contribution is 7.10. The van der Waals surface area contributed by atoms with Crippen LogP contribution in [0.3, 0.4) is 0 Å². The summed E-state index contributed by atoms with van der Waals surface area (Å²) in [6.45, 7) is 1.01. The summed E-state index contributed by atoms with van der Waals surface area (Å²) in [5.41, 5.74) is 0. The van der Waals surface area contributed by atoms with Crippen LogP contribution in [0, 0.1) is 5.92 Å². The lowest BCUT2D eigenvalue weighted by atomic mass is 9.95. The molecule has 1 aliphatic rings. The molecule has 160 valence electrons. The van der Waals surface area contributed by atoms with Gasteiger partial charge in [0.25, 0.3) is 5.91 Å². The summed E-state index contributed by atoms with van der Waals surface area (Å²) in [4.78, 5) is 39.5. The highest BCUT2D eigenvalue weighted by Crippen LogP contribution is 2.25. The normalized spacial score (nSPS) is 15.3. The van der Waals surface area contributed by atoms with Crippen LogP contribution in [0.15, 0.2) is 47.8 Å². The van der Waals surface area contributed by atoms with E-state index in [2.05, 4.69) is 5.32 Å². The number of nitrogens with zero attached hydrogens (tertiary/aromatic N) is 1. The molecule has 3 rings (SSSR count). The van der Waals surface area contributed by atoms with Crippen LogP contribution in [0.5, 0.6) is 5.75 Å². The molecule has 0 spiro atoms. The number of carbonyl (C=O) groups is 3. The van der Waals surface area contributed by atoms with Crippen molar-refractivity contribution >= 4 is 29.1 Å². The number of thiophene rings is 1. The first-order valence-electron chi connectivity index (χ1n) is 9.93. The van der Waals surface area contributed by atoms with Gasteiger partial charge in [0.2, 0.25) is 5.91 Å². The SMILES string of the molecule is COC(=O)CC(NC(=O)C1CCN(C(=O)COc2ccccc2)CC1)c1cccs1. The zero-order chi connectivity index (χ0) is 21.3. The molecule has 7 nitrogen and oxygen atoms in total. The molecule has 2 heterocycles. The fourth-order valence-corrected chi connectivity index (χ4v) is 4.17. The Morgan fingerprint density at radius 3 is 2.50 bits per heavy atom. The van der Waals surface area contributed by atoms with Crippen molar-refractivity contribution in [2.45, 2.75) is 25.3 Å². The van der Waals surface area contributed by atoms with E-state index >= 15 is 0 Å². The molecule has 0 radical (unpaired) electrons. The minimum Gasteiger partial charge on any atom is -0.484 e. The molecular weight excluding hydrogens is 404 g/mol. The molecule has 0 bridgehead atoms. The van der Waals surface area contributed by atoms with Crippen LogP contribution in [0.1, 0.15) is 30.2 Å². The number of benzene rings is 1. The maximum absolute atomic E-state index is 12.8. The van der Waals surface area contributed by atoms with Gasteiger partial charge in [-0.15, -0.1) is 11.3 Å². The van der Waals surface area contributed by atoms with Crippen molar-refractivity contribution in [2.24, 2.45) is 5.92 Å². The summed E-state index contributed by atoms with van der Waals surface area (Å²) >= 11 is 1.49. The van der Waals surface area contributed by atoms with E-state index in [0.717, 1.165) is 4.88 Å². The van der Waals surface area contributed by atoms with E-state index in [1.165, 1.54) is 18.4 Å². The summed E-state index contributed by atoms with van der Waals surface area (Å²) in [7, 11) is 1.34. The Labute approximate surface area is 180 Å². The van der Waals surface area contributed by atoms with Crippen LogP contribution in [0.4, 0.5) is 0 Å². The molecule has 30 heavy (non-hydrogen) atoms. The molecule has 0 saturated carbocycles. The van der Waals surface area contributed by atoms with E-state index in [-0.39, 0.29) is 36.7 Å². The molecule has 1 unspecified atom stereocenters. The van der Waals surface area contributed by atoms with Crippen molar-refractivity contribution in [1.82, 2.24) is 10.2 Å². The van der Waals surface area contributed by atoms with Gasteiger partial charge in [-0.1, -0.05) is 24.3 Å². The van der Waals surface area contributed by atoms with Gasteiger partial charge in [0.15, 0.2) is 6.61 Å². The van der Waals surface area contributed by atoms with Gasteiger partial charge in [-0.05, 0) is 36.4 Å². The zero-order valence-corrected chi connectivity index (χ0v) is 17.7. The van der Waals surface area contributed by atoms with Crippen molar-refractivity contribution in [3.8, 4) is 5.75 Å². The van der Waals surface area contributed by atoms with Gasteiger partial charge in [-0.25, -0.2) is 0 Å². The van der Waals surface area contributed by atoms with Crippen LogP contribution >= 0.6 is 11.3 Å². The topological polar surface area (TPSA) is 84.9 Å². The average molecular weight is 431 g/mol. The fourth-order valence-electron chi connectivity index (χ4n) is 3.40. The summed E-state index contributed by atoms with van der Waals surface area (Å²) in [6, 6.07) is 12.6. The Balaban J connectivity index is 1.48. The quantitative estimate of drug-likeness (QED) is 0.651. The molecule has 2 aromatic rings. The van der Waals surface area contributed by atoms with Crippen molar-refractivity contribution in [1.29, 1.82) is 0 Å². The van der Waals surface area contributed by atoms with Crippen molar-refractivity contribution in [3.63, 3.8) is 0 Å². The van der Waals surface area contributed by atoms with E-state index < -0.39 is 6.04 Å². The second-order valence-electron chi connectivity index (χ2n) is 7.11. The van der Waals surface area contributed by atoms with E-state index in [1.807, 2.05) is 47.8 Å². The minimum absolute atomic E-state index is 0.0134. The van der Waals surface area contributed by atoms with Crippen LogP contribution in [-0.2, 0) is 19.1 Å². The first-order valence-corrected chi connectivity index (χ1v) is 10.8. The van der Waals surface area contributed by atoms with Gasteiger partial charge >= 0.3 is 5.97 Å². The number of amides is 2. The number of carbonyl (C=O) groups excluding carboxylic acids is 3. The van der Waals surface area contributed by atoms with Crippen LogP contribution in [0.25, 0.3) is 0 Å². The van der Waals surface area contributed by atoms with Crippen LogP contribution in [-0.4, -0.2) is 49.5 Å². The minimum atomic E-state index is -0.399. The number of rotatable bonds is 8. The Kier molecular flexibility index (Phi) is 7.84. The van der Waals surface area contributed by atoms with Gasteiger partial charge in [0, 0.05) is 23.9 Å². The largest absolute Gasteiger partial charge is 0.484 e. The smallest absolute Gasteiger partial charge is 0.307 e. The highest BCUT2D eigenvalue weighted by atomic mass is 32.1. The molecule has 1 atom stereocenters. The fraction of sp³-hybridized carbons (Fsp3) is 0.409. The van der Waals surface area contributed by atoms with Crippen molar-refractivity contribution in [2.75, 3.05) is 26.8 Å². The number of piperidine rings is 1. The summed E-state index contributed by atoms with van der Waals surface area (Å²) in [5.74, 6) is -0.0770. The predicted octanol–water partition coefficient (Wildman–Crippen LogP) is 2.79. The zero-order valence-electron chi connectivity index (χ0n) is 16.9. The molecule has 1 saturated heterocycles. The molecule has 2 amide bonds. The molecule has 1 fully saturated rings. The van der Waals surface area contributed by atoms with E-state index in [0.29, 0.717) is 31.7 Å². The second kappa shape index (κ2) is 10.8. The molecule has 1 aliphatic heterocycles. The monoisotopic (exact) mass is 430 g/mol. The van der Waals surface area contributed by atoms with Gasteiger partial charge in [0.1, 0.15) is 5.75 Å². The molecule has 1 aromatic heterocycles. The lowest BCUT2D eigenvalue weighted by Crippen LogP contribution is -2.45. The molecule has 0 aliphatic carbocycles. The van der Waals surface area contributed by atoms with Gasteiger partial charge < -0.3 is 19.7 Å². The number of hydrogen-bond donors (Lipinski definition) is 1. The number of methoxy groups -OCH3 is 1. The summed E-state index contributed by atoms with van der Waals surface area (Å²) < 4.78 is 10.3. The van der Waals surface area contributed by atoms with E-state index in [4.69, 9.17) is 9.47 Å². The lowest BCUT2D eigenvalue weighted by molar-refractivity contribution is -0.142. The molecular formula is C22H26N2O5S. The van der Waals surface area contributed by atoms with Crippen molar-refractivity contribution < 1.29 is 23.9 Å². The maximum atomic E-state index is 12.8. The second-order valence-corrected chi connectivity index (χ2v) is 8.09. The third kappa shape index (κ3) is 6.06. The number of hydrogen-bond acceptors (Lipinski definition) is 6. The third-order valence-corrected chi connectivity index (χ3v) is 6.11. The van der Waals surface area contributed by atoms with Gasteiger partial charge in [-0.3, -0.25) is 14.4 Å². The highest BCUT2D eigenvalue weighted by Gasteiger charge is 2.29. The number of likely N-dealkylation sites (tertiary alicyclic amines) is 1. The third-order valence-electron chi connectivity index (χ3n) is 5.13. The maximum Gasteiger partial charge on any atom is 0.307 e. The molecule has 1 N–H and O–H groups in total. The number of esters is 1. The Morgan fingerprint density at radius 2 is 1.87 bits per heavy atom. The lowest BCUT2D eigenvalue weighted by Gasteiger charge is -2.32. The Hall–Kier alpha value is -2.87. The van der Waals surface area contributed by atoms with Crippen LogP contribution < -0.4 is 10.1 Å². The number of nitrogens with one attached hydrogen (secondary N) is 1. The summed E-state index contributed by atoms with van der Waals surface area (Å²) in [6.07, 6.45) is 1.26. The first-order chi connectivity index (χ1) is 14.6. The predicted molar refractivity (Wildman–Crippen MR) is 113 cm³/mol. The average Bonchev–Trinajstić information content (AvgIpc) is 3.32. The Morgan fingerprint density at radius 1 is 1.13 bits per heavy atom. The standard InChI is InChI=1S/C22H26N2O5S/c1-28-21(26)14-18(19-8-5-13-30-19)23-22(27)16-9-11-24(12-10-16)20(25)15-29-17-6-3-2-4-7-17/h2-8,13,16,18H,9-12,14-15H2,1H3,(H,23,27). The summed E-state index contributed by atoms with van der Waals surface area (Å²) in [5, 5.41) is 4.90. The van der Waals surface area contributed by atoms with E-state index in [1.54, 1.807) is 4.90 Å². The van der Waals surface area contributed by atoms with Gasteiger partial charge in [-0.2, -0.15) is 0 Å². The molecule has 1 aromatic carbocycles. The molecule has 8 heteroatoms. The number of para-hydroxylation sites is 1. The van der Waals surface area contributed by atoms with Crippen molar-refractivity contribution in [3.05, 3.63) is 52.7 Å². The first kappa shape index (κ1) is 21.8. The van der Waals surface area contributed by atoms with Gasteiger partial charge in [0.05, 0.1) is 19.6 Å². The van der Waals surface area contributed by atoms with E-state index in [9.17, 15) is 14.4 Å². The Bertz CT molecular complexity index is 832. The van der Waals surface area contributed by atoms with Crippen LogP contribution in [0.2, 0.25) is 0 Å². The number of ether oxygens (including phenoxy) is 2.